The number of ketones is 1. The normalized spacial score (nSPS) is 26.2. The quantitative estimate of drug-likeness (QED) is 0.136. The van der Waals surface area contributed by atoms with Crippen LogP contribution in [0.2, 0.25) is 0 Å². The van der Waals surface area contributed by atoms with Gasteiger partial charge >= 0.3 is 0 Å². The summed E-state index contributed by atoms with van der Waals surface area (Å²) >= 11 is 3.19. The molecule has 2 aliphatic carbocycles. The Labute approximate surface area is 200 Å². The Kier molecular flexibility index (Phi) is 9.35. The van der Waals surface area contributed by atoms with Crippen molar-refractivity contribution in [3.63, 3.8) is 0 Å². The average molecular weight is 529 g/mol. The molecule has 0 bridgehead atoms. The highest BCUT2D eigenvalue weighted by atomic mass is 79.9. The molecule has 182 valence electrons. The molecule has 0 aromatic rings. The minimum absolute atomic E-state index is 0.0904. The zero-order valence-electron chi connectivity index (χ0n) is 18.4. The number of hydrogen-bond acceptors (Lipinski definition) is 7. The number of carbonyl (C=O) groups is 1. The molecule has 2 unspecified atom stereocenters. The molecular formula is C20H30BrFN8O3. The Morgan fingerprint density at radius 1 is 1.45 bits per heavy atom. The first-order chi connectivity index (χ1) is 15.9. The number of halogens is 2. The van der Waals surface area contributed by atoms with Crippen LogP contribution in [0, 0.1) is 5.92 Å². The second-order valence-electron chi connectivity index (χ2n) is 7.99. The Balaban J connectivity index is 1.53. The van der Waals surface area contributed by atoms with Crippen LogP contribution in [-0.4, -0.2) is 72.5 Å². The summed E-state index contributed by atoms with van der Waals surface area (Å²) in [6.07, 6.45) is 7.37. The van der Waals surface area contributed by atoms with Crippen molar-refractivity contribution in [1.29, 1.82) is 0 Å². The number of hydrogen-bond donors (Lipinski definition) is 5. The highest BCUT2D eigenvalue weighted by Crippen LogP contribution is 2.27. The molecule has 0 aromatic carbocycles. The van der Waals surface area contributed by atoms with E-state index in [0.717, 1.165) is 25.7 Å². The largest absolute Gasteiger partial charge is 0.370 e. The lowest BCUT2D eigenvalue weighted by Gasteiger charge is -2.20. The number of hydroxylamine groups is 4. The van der Waals surface area contributed by atoms with Crippen molar-refractivity contribution in [3.05, 3.63) is 22.5 Å². The molecular weight excluding hydrogens is 499 g/mol. The van der Waals surface area contributed by atoms with E-state index in [2.05, 4.69) is 47.2 Å². The van der Waals surface area contributed by atoms with E-state index < -0.39 is 6.04 Å². The number of amidine groups is 2. The van der Waals surface area contributed by atoms with Crippen LogP contribution < -0.4 is 22.0 Å². The summed E-state index contributed by atoms with van der Waals surface area (Å²) in [5.41, 5.74) is 10.6. The van der Waals surface area contributed by atoms with Gasteiger partial charge in [-0.2, -0.15) is 4.94 Å². The number of nitrogens with two attached hydrogens (primary N) is 1. The van der Waals surface area contributed by atoms with E-state index in [9.17, 15) is 14.4 Å². The van der Waals surface area contributed by atoms with Crippen LogP contribution in [0.3, 0.4) is 0 Å². The highest BCUT2D eigenvalue weighted by Gasteiger charge is 2.35. The zero-order chi connectivity index (χ0) is 23.8. The Morgan fingerprint density at radius 2 is 2.21 bits per heavy atom. The van der Waals surface area contributed by atoms with Crippen LogP contribution in [0.4, 0.5) is 4.39 Å². The SMILES string of the molecule is CN1ONC(=NCCNC(N)=NCC(=O)C2CCCC2)C1C(=NC1C=CC(F)=C(Br)C1)NO. The zero-order valence-corrected chi connectivity index (χ0v) is 20.0. The van der Waals surface area contributed by atoms with Gasteiger partial charge in [0, 0.05) is 30.4 Å². The van der Waals surface area contributed by atoms with E-state index in [4.69, 9.17) is 10.7 Å². The third kappa shape index (κ3) is 7.06. The topological polar surface area (TPSA) is 149 Å². The van der Waals surface area contributed by atoms with Gasteiger partial charge < -0.3 is 11.1 Å². The third-order valence-corrected chi connectivity index (χ3v) is 6.33. The second kappa shape index (κ2) is 12.2. The van der Waals surface area contributed by atoms with Gasteiger partial charge in [-0.25, -0.2) is 14.9 Å². The molecule has 0 amide bonds. The van der Waals surface area contributed by atoms with Crippen LogP contribution in [0.5, 0.6) is 0 Å². The molecule has 1 heterocycles. The maximum absolute atomic E-state index is 13.5. The van der Waals surface area contributed by atoms with Crippen LogP contribution in [0.1, 0.15) is 32.1 Å². The summed E-state index contributed by atoms with van der Waals surface area (Å²) in [5, 5.41) is 14.0. The van der Waals surface area contributed by atoms with Crippen molar-refractivity contribution < 1.29 is 19.3 Å². The minimum atomic E-state index is -0.618. The fraction of sp³-hybridized carbons (Fsp3) is 0.600. The van der Waals surface area contributed by atoms with E-state index in [1.807, 2.05) is 0 Å². The lowest BCUT2D eigenvalue weighted by atomic mass is 10.0. The summed E-state index contributed by atoms with van der Waals surface area (Å²) in [6, 6.07) is -0.985. The number of likely N-dealkylation sites (N-methyl/N-ethyl adjacent to an activating group) is 1. The summed E-state index contributed by atoms with van der Waals surface area (Å²) in [6.45, 7) is 0.799. The predicted octanol–water partition coefficient (Wildman–Crippen LogP) is 1.08. The lowest BCUT2D eigenvalue weighted by molar-refractivity contribution is -0.144. The molecule has 3 rings (SSSR count). The van der Waals surface area contributed by atoms with Crippen molar-refractivity contribution >= 4 is 39.3 Å². The van der Waals surface area contributed by atoms with Crippen molar-refractivity contribution in [2.45, 2.75) is 44.2 Å². The fourth-order valence-corrected chi connectivity index (χ4v) is 4.30. The van der Waals surface area contributed by atoms with Crippen LogP contribution in [-0.2, 0) is 9.73 Å². The van der Waals surface area contributed by atoms with Gasteiger partial charge in [-0.1, -0.05) is 34.8 Å². The third-order valence-electron chi connectivity index (χ3n) is 5.62. The van der Waals surface area contributed by atoms with Crippen molar-refractivity contribution in [1.82, 2.24) is 21.3 Å². The van der Waals surface area contributed by atoms with Gasteiger partial charge in [-0.15, -0.1) is 5.06 Å². The number of nitrogens with zero attached hydrogens (tertiary/aromatic N) is 4. The second-order valence-corrected chi connectivity index (χ2v) is 8.95. The molecule has 3 aliphatic rings. The predicted molar refractivity (Wildman–Crippen MR) is 126 cm³/mol. The first-order valence-corrected chi connectivity index (χ1v) is 11.6. The van der Waals surface area contributed by atoms with Crippen molar-refractivity contribution in [2.75, 3.05) is 26.7 Å². The van der Waals surface area contributed by atoms with Crippen molar-refractivity contribution in [3.8, 4) is 0 Å². The highest BCUT2D eigenvalue weighted by molar-refractivity contribution is 9.11. The number of aliphatic imine (C=N–C) groups is 3. The van der Waals surface area contributed by atoms with Crippen molar-refractivity contribution in [2.24, 2.45) is 26.6 Å². The van der Waals surface area contributed by atoms with Gasteiger partial charge in [0.25, 0.3) is 0 Å². The molecule has 2 atom stereocenters. The number of Topliss-reactive ketones (excluding diaryl/α,β-unsaturated/α-hetero) is 1. The molecule has 0 spiro atoms. The molecule has 0 aromatic heterocycles. The first kappa shape index (κ1) is 25.3. The molecule has 1 aliphatic heterocycles. The lowest BCUT2D eigenvalue weighted by Crippen LogP contribution is -2.45. The van der Waals surface area contributed by atoms with Crippen LogP contribution in [0.15, 0.2) is 37.4 Å². The Morgan fingerprint density at radius 3 is 2.91 bits per heavy atom. The Bertz CT molecular complexity index is 869. The average Bonchev–Trinajstić information content (AvgIpc) is 3.46. The van der Waals surface area contributed by atoms with Gasteiger partial charge in [-0.3, -0.25) is 25.5 Å². The maximum Gasteiger partial charge on any atom is 0.189 e. The Hall–Kier alpha value is -2.35. The van der Waals surface area contributed by atoms with E-state index in [1.54, 1.807) is 13.1 Å². The number of nitrogens with one attached hydrogen (secondary N) is 3. The van der Waals surface area contributed by atoms with Gasteiger partial charge in [0.05, 0.1) is 12.6 Å². The van der Waals surface area contributed by atoms with Gasteiger partial charge in [0.2, 0.25) is 0 Å². The summed E-state index contributed by atoms with van der Waals surface area (Å²) in [7, 11) is 1.66. The molecule has 6 N–H and O–H groups in total. The van der Waals surface area contributed by atoms with E-state index in [1.165, 1.54) is 11.1 Å². The molecule has 11 nitrogen and oxygen atoms in total. The van der Waals surface area contributed by atoms with E-state index >= 15 is 0 Å². The fourth-order valence-electron chi connectivity index (χ4n) is 3.84. The number of allylic oxidation sites excluding steroid dienone is 2. The molecule has 2 fully saturated rings. The first-order valence-electron chi connectivity index (χ1n) is 10.9. The monoisotopic (exact) mass is 528 g/mol. The molecule has 1 saturated heterocycles. The maximum atomic E-state index is 13.5. The number of rotatable bonds is 8. The molecule has 13 heteroatoms. The van der Waals surface area contributed by atoms with Gasteiger partial charge in [0.15, 0.2) is 23.6 Å². The van der Waals surface area contributed by atoms with Gasteiger partial charge in [0.1, 0.15) is 18.2 Å². The van der Waals surface area contributed by atoms with E-state index in [-0.39, 0.29) is 41.9 Å². The summed E-state index contributed by atoms with van der Waals surface area (Å²) in [5.74, 6) is 0.720. The van der Waals surface area contributed by atoms with E-state index in [0.29, 0.717) is 29.8 Å². The smallest absolute Gasteiger partial charge is 0.189 e. The van der Waals surface area contributed by atoms with Crippen LogP contribution in [0.25, 0.3) is 0 Å². The standard InChI is InChI=1S/C20H30BrFN8O3/c1-30-17(19(28-32)27-13-6-7-15(22)14(21)10-13)18(29-33-30)24-8-9-25-20(23)26-11-16(31)12-4-2-3-5-12/h6-7,12-13,17,32H,2-5,8-11H2,1H3,(H,24,29)(H,27,28)(H3,23,25,26). The minimum Gasteiger partial charge on any atom is -0.370 e. The summed E-state index contributed by atoms with van der Waals surface area (Å²) < 4.78 is 13.9. The number of carbonyl (C=O) groups excluding carboxylic acids is 1. The molecule has 33 heavy (non-hydrogen) atoms. The van der Waals surface area contributed by atoms with Crippen LogP contribution >= 0.6 is 15.9 Å². The van der Waals surface area contributed by atoms with Gasteiger partial charge in [-0.05, 0) is 18.9 Å². The number of guanidine groups is 1. The molecule has 1 saturated carbocycles. The molecule has 0 radical (unpaired) electrons. The summed E-state index contributed by atoms with van der Waals surface area (Å²) in [4.78, 5) is 30.4.